The van der Waals surface area contributed by atoms with Crippen molar-refractivity contribution in [2.45, 2.75) is 11.8 Å². The number of hydrogen-bond donors (Lipinski definition) is 0. The zero-order chi connectivity index (χ0) is 28.3. The lowest BCUT2D eigenvalue weighted by Crippen LogP contribution is -2.31. The van der Waals surface area contributed by atoms with Crippen molar-refractivity contribution in [3.8, 4) is 16.8 Å². The van der Waals surface area contributed by atoms with E-state index in [4.69, 9.17) is 0 Å². The van der Waals surface area contributed by atoms with Crippen LogP contribution in [0, 0.1) is 11.8 Å². The summed E-state index contributed by atoms with van der Waals surface area (Å²) in [6.07, 6.45) is 16.7. The first kappa shape index (κ1) is 24.5. The van der Waals surface area contributed by atoms with Crippen molar-refractivity contribution in [2.24, 2.45) is 11.8 Å². The largest absolute Gasteiger partial charge is 0.309 e. The first-order valence-electron chi connectivity index (χ1n) is 15.4. The Balaban J connectivity index is 1.17. The second-order valence-corrected chi connectivity index (χ2v) is 12.1. The van der Waals surface area contributed by atoms with Crippen LogP contribution in [0.3, 0.4) is 0 Å². The molecule has 0 radical (unpaired) electrons. The van der Waals surface area contributed by atoms with Crippen LogP contribution in [-0.4, -0.2) is 4.57 Å². The van der Waals surface area contributed by atoms with Gasteiger partial charge >= 0.3 is 0 Å². The van der Waals surface area contributed by atoms with E-state index in [-0.39, 0.29) is 0 Å². The van der Waals surface area contributed by atoms with E-state index >= 15 is 0 Å². The van der Waals surface area contributed by atoms with Crippen LogP contribution in [0.4, 0.5) is 0 Å². The lowest BCUT2D eigenvalue weighted by atomic mass is 9.61. The predicted molar refractivity (Wildman–Crippen MR) is 181 cm³/mol. The fourth-order valence-corrected chi connectivity index (χ4v) is 7.84. The molecule has 0 saturated carbocycles. The Bertz CT molecular complexity index is 2140. The Kier molecular flexibility index (Phi) is 5.52. The fourth-order valence-electron chi connectivity index (χ4n) is 7.84. The van der Waals surface area contributed by atoms with Crippen LogP contribution >= 0.6 is 0 Å². The summed E-state index contributed by atoms with van der Waals surface area (Å²) in [6, 6.07) is 44.5. The van der Waals surface area contributed by atoms with Gasteiger partial charge in [0.1, 0.15) is 0 Å². The van der Waals surface area contributed by atoms with E-state index in [1.807, 2.05) is 0 Å². The molecular weight excluding hydrogens is 518 g/mol. The third-order valence-electron chi connectivity index (χ3n) is 9.85. The van der Waals surface area contributed by atoms with E-state index in [2.05, 4.69) is 168 Å². The van der Waals surface area contributed by atoms with Crippen molar-refractivity contribution < 1.29 is 0 Å². The Morgan fingerprint density at radius 2 is 1.12 bits per heavy atom. The van der Waals surface area contributed by atoms with E-state index < -0.39 is 0 Å². The van der Waals surface area contributed by atoms with Gasteiger partial charge in [-0.2, -0.15) is 0 Å². The van der Waals surface area contributed by atoms with Gasteiger partial charge in [0.15, 0.2) is 0 Å². The first-order chi connectivity index (χ1) is 21.3. The second kappa shape index (κ2) is 9.71. The minimum absolute atomic E-state index is 0.413. The van der Waals surface area contributed by atoms with Gasteiger partial charge in [0.05, 0.1) is 11.0 Å². The minimum Gasteiger partial charge on any atom is -0.309 e. The summed E-state index contributed by atoms with van der Waals surface area (Å²) >= 11 is 0. The average Bonchev–Trinajstić information content (AvgIpc) is 3.42. The second-order valence-electron chi connectivity index (χ2n) is 12.1. The van der Waals surface area contributed by atoms with Crippen LogP contribution in [0.2, 0.25) is 0 Å². The zero-order valence-corrected chi connectivity index (χ0v) is 23.8. The predicted octanol–water partition coefficient (Wildman–Crippen LogP) is 10.6. The van der Waals surface area contributed by atoms with Crippen LogP contribution < -0.4 is 0 Å². The van der Waals surface area contributed by atoms with E-state index in [1.165, 1.54) is 60.9 Å². The van der Waals surface area contributed by atoms with Gasteiger partial charge in [0.2, 0.25) is 0 Å². The number of benzene rings is 5. The van der Waals surface area contributed by atoms with Crippen LogP contribution in [0.5, 0.6) is 0 Å². The zero-order valence-electron chi connectivity index (χ0n) is 23.8. The molecule has 204 valence electrons. The molecule has 3 aliphatic rings. The van der Waals surface area contributed by atoms with Gasteiger partial charge in [-0.25, -0.2) is 0 Å². The third-order valence-corrected chi connectivity index (χ3v) is 9.85. The van der Waals surface area contributed by atoms with Gasteiger partial charge in [-0.1, -0.05) is 140 Å². The van der Waals surface area contributed by atoms with Crippen molar-refractivity contribution in [3.63, 3.8) is 0 Å². The maximum absolute atomic E-state index is 2.56. The van der Waals surface area contributed by atoms with Crippen molar-refractivity contribution in [1.82, 2.24) is 4.57 Å². The smallest absolute Gasteiger partial charge is 0.0547 e. The van der Waals surface area contributed by atoms with Gasteiger partial charge < -0.3 is 4.57 Å². The van der Waals surface area contributed by atoms with Gasteiger partial charge in [0.25, 0.3) is 0 Å². The number of fused-ring (bicyclic) bond motifs is 9. The summed E-state index contributed by atoms with van der Waals surface area (Å²) in [7, 11) is 0. The van der Waals surface area contributed by atoms with E-state index in [0.717, 1.165) is 0 Å². The lowest BCUT2D eigenvalue weighted by molar-refractivity contribution is 0.371. The van der Waals surface area contributed by atoms with Crippen molar-refractivity contribution in [3.05, 3.63) is 181 Å². The molecular formula is C42H31N. The molecule has 4 atom stereocenters. The number of nitrogens with zero attached hydrogens (tertiary/aromatic N) is 1. The normalized spacial score (nSPS) is 21.8. The van der Waals surface area contributed by atoms with Crippen LogP contribution in [0.1, 0.15) is 28.5 Å². The summed E-state index contributed by atoms with van der Waals surface area (Å²) in [4.78, 5) is 0. The molecule has 43 heavy (non-hydrogen) atoms. The number of aromatic nitrogens is 1. The molecule has 3 aliphatic carbocycles. The van der Waals surface area contributed by atoms with Gasteiger partial charge in [-0.05, 0) is 69.5 Å². The minimum atomic E-state index is 0.413. The number of hydrogen-bond acceptors (Lipinski definition) is 0. The van der Waals surface area contributed by atoms with E-state index in [1.54, 1.807) is 0 Å². The van der Waals surface area contributed by atoms with Crippen molar-refractivity contribution in [1.29, 1.82) is 0 Å². The van der Waals surface area contributed by atoms with E-state index in [9.17, 15) is 0 Å². The molecule has 0 N–H and O–H groups in total. The van der Waals surface area contributed by atoms with Crippen LogP contribution in [-0.2, 0) is 0 Å². The number of allylic oxidation sites excluding steroid dienone is 8. The summed E-state index contributed by atoms with van der Waals surface area (Å²) in [6.45, 7) is 0. The molecule has 1 heteroatoms. The molecule has 1 heterocycles. The molecule has 0 aliphatic heterocycles. The SMILES string of the molecule is C1=CC2c3ccccc3C3C=CC(c4ccc5c6ccccc6n(-c6ccc(-c7ccccc7)cc6)c5c4)=CC3C2C=C1. The van der Waals surface area contributed by atoms with E-state index in [0.29, 0.717) is 23.7 Å². The molecule has 5 aromatic carbocycles. The molecule has 0 amide bonds. The van der Waals surface area contributed by atoms with Crippen molar-refractivity contribution in [2.75, 3.05) is 0 Å². The highest BCUT2D eigenvalue weighted by Gasteiger charge is 2.40. The maximum Gasteiger partial charge on any atom is 0.0547 e. The standard InChI is InChI=1S/C42H31N/c1-2-10-28(11-3-1)29-18-22-32(23-19-29)43-41-17-9-8-16-38(41)39-25-21-31(27-42(39)43)30-20-24-37-35-14-5-4-12-33(35)34-13-6-7-15-36(34)40(37)26-30/h1-27,34,36-37,40H. The molecule has 4 unspecified atom stereocenters. The highest BCUT2D eigenvalue weighted by Crippen LogP contribution is 2.52. The maximum atomic E-state index is 2.56. The molecule has 6 aromatic rings. The third kappa shape index (κ3) is 3.85. The van der Waals surface area contributed by atoms with Gasteiger partial charge in [-0.3, -0.25) is 0 Å². The average molecular weight is 550 g/mol. The molecule has 0 saturated heterocycles. The monoisotopic (exact) mass is 549 g/mol. The molecule has 0 bridgehead atoms. The fraction of sp³-hybridized carbons (Fsp3) is 0.0952. The Hall–Kier alpha value is -5.14. The highest BCUT2D eigenvalue weighted by atomic mass is 15.0. The summed E-state index contributed by atoms with van der Waals surface area (Å²) < 4.78 is 2.43. The lowest BCUT2D eigenvalue weighted by Gasteiger charge is -2.43. The first-order valence-corrected chi connectivity index (χ1v) is 15.4. The Labute approximate surface area is 252 Å². The number of rotatable bonds is 3. The van der Waals surface area contributed by atoms with Crippen LogP contribution in [0.15, 0.2) is 164 Å². The number of para-hydroxylation sites is 1. The molecule has 0 spiro atoms. The Morgan fingerprint density at radius 3 is 1.95 bits per heavy atom. The quantitative estimate of drug-likeness (QED) is 0.207. The molecule has 0 fully saturated rings. The molecule has 1 aromatic heterocycles. The van der Waals surface area contributed by atoms with Gasteiger partial charge in [0, 0.05) is 28.3 Å². The van der Waals surface area contributed by atoms with Gasteiger partial charge in [-0.15, -0.1) is 0 Å². The summed E-state index contributed by atoms with van der Waals surface area (Å²) in [5, 5.41) is 2.58. The summed E-state index contributed by atoms with van der Waals surface area (Å²) in [5.74, 6) is 1.77. The topological polar surface area (TPSA) is 4.93 Å². The molecule has 9 rings (SSSR count). The summed E-state index contributed by atoms with van der Waals surface area (Å²) in [5.41, 5.74) is 11.7. The highest BCUT2D eigenvalue weighted by molar-refractivity contribution is 6.10. The van der Waals surface area contributed by atoms with Crippen molar-refractivity contribution >= 4 is 27.4 Å². The molecule has 1 nitrogen and oxygen atoms in total. The van der Waals surface area contributed by atoms with Crippen LogP contribution in [0.25, 0.3) is 44.2 Å². The Morgan fingerprint density at radius 1 is 0.465 bits per heavy atom.